The van der Waals surface area contributed by atoms with E-state index in [4.69, 9.17) is 9.72 Å². The van der Waals surface area contributed by atoms with E-state index in [9.17, 15) is 4.79 Å². The summed E-state index contributed by atoms with van der Waals surface area (Å²) in [4.78, 5) is 17.4. The highest BCUT2D eigenvalue weighted by Gasteiger charge is 2.32. The predicted molar refractivity (Wildman–Crippen MR) is 118 cm³/mol. The van der Waals surface area contributed by atoms with Crippen molar-refractivity contribution in [1.29, 1.82) is 0 Å². The maximum atomic E-state index is 12.7. The van der Waals surface area contributed by atoms with Crippen LogP contribution in [0.1, 0.15) is 25.5 Å². The number of rotatable bonds is 4. The Morgan fingerprint density at radius 2 is 1.70 bits per heavy atom. The van der Waals surface area contributed by atoms with Crippen LogP contribution in [0.15, 0.2) is 90.1 Å². The first-order chi connectivity index (χ1) is 14.6. The third-order valence-corrected chi connectivity index (χ3v) is 5.36. The smallest absolute Gasteiger partial charge is 0.209 e. The van der Waals surface area contributed by atoms with Gasteiger partial charge in [0, 0.05) is 11.3 Å². The summed E-state index contributed by atoms with van der Waals surface area (Å²) in [5, 5.41) is 3.31. The van der Waals surface area contributed by atoms with E-state index in [-0.39, 0.29) is 11.8 Å². The molecule has 1 aromatic heterocycles. The number of carbonyl (C=O) groups is 1. The fourth-order valence-electron chi connectivity index (χ4n) is 4.11. The zero-order valence-electron chi connectivity index (χ0n) is 16.8. The molecule has 4 aromatic rings. The van der Waals surface area contributed by atoms with E-state index in [1.54, 1.807) is 6.92 Å². The van der Waals surface area contributed by atoms with Gasteiger partial charge in [-0.25, -0.2) is 4.98 Å². The lowest BCUT2D eigenvalue weighted by Gasteiger charge is -2.30. The van der Waals surface area contributed by atoms with Crippen LogP contribution in [0.3, 0.4) is 0 Å². The largest absolute Gasteiger partial charge is 0.457 e. The van der Waals surface area contributed by atoms with E-state index >= 15 is 0 Å². The number of hydrogen-bond acceptors (Lipinski definition) is 4. The van der Waals surface area contributed by atoms with Crippen LogP contribution in [0.5, 0.6) is 11.5 Å². The molecule has 0 amide bonds. The lowest BCUT2D eigenvalue weighted by Crippen LogP contribution is -2.27. The molecular formula is C25H21N3O2. The lowest BCUT2D eigenvalue weighted by atomic mass is 9.92. The Bertz CT molecular complexity index is 1290. The zero-order chi connectivity index (χ0) is 20.7. The molecule has 0 saturated heterocycles. The van der Waals surface area contributed by atoms with E-state index in [1.165, 1.54) is 0 Å². The Morgan fingerprint density at radius 1 is 0.967 bits per heavy atom. The molecule has 1 unspecified atom stereocenters. The highest BCUT2D eigenvalue weighted by atomic mass is 16.5. The maximum Gasteiger partial charge on any atom is 0.209 e. The van der Waals surface area contributed by atoms with Crippen LogP contribution in [0, 0.1) is 0 Å². The van der Waals surface area contributed by atoms with Crippen LogP contribution < -0.4 is 10.1 Å². The van der Waals surface area contributed by atoms with Gasteiger partial charge in [0.2, 0.25) is 5.95 Å². The number of para-hydroxylation sites is 3. The topological polar surface area (TPSA) is 56.2 Å². The van der Waals surface area contributed by atoms with Gasteiger partial charge in [-0.05, 0) is 55.8 Å². The first-order valence-corrected chi connectivity index (χ1v) is 9.90. The van der Waals surface area contributed by atoms with Crippen LogP contribution in [0.25, 0.3) is 11.0 Å². The van der Waals surface area contributed by atoms with E-state index in [2.05, 4.69) is 9.88 Å². The summed E-state index contributed by atoms with van der Waals surface area (Å²) in [5.41, 5.74) is 4.39. The molecule has 1 aliphatic rings. The zero-order valence-corrected chi connectivity index (χ0v) is 16.8. The molecule has 1 aliphatic heterocycles. The summed E-state index contributed by atoms with van der Waals surface area (Å²) in [5.74, 6) is 2.26. The average molecular weight is 395 g/mol. The summed E-state index contributed by atoms with van der Waals surface area (Å²) >= 11 is 0. The van der Waals surface area contributed by atoms with Crippen LogP contribution in [0.4, 0.5) is 5.95 Å². The number of nitrogens with zero attached hydrogens (tertiary/aromatic N) is 2. The minimum absolute atomic E-state index is 0.0304. The summed E-state index contributed by atoms with van der Waals surface area (Å²) in [6.07, 6.45) is 0. The Morgan fingerprint density at radius 3 is 2.50 bits per heavy atom. The first kappa shape index (κ1) is 18.2. The number of benzene rings is 3. The quantitative estimate of drug-likeness (QED) is 0.481. The summed E-state index contributed by atoms with van der Waals surface area (Å²) in [7, 11) is 0. The monoisotopic (exact) mass is 395 g/mol. The lowest BCUT2D eigenvalue weighted by molar-refractivity contribution is -0.114. The summed E-state index contributed by atoms with van der Waals surface area (Å²) in [6, 6.07) is 25.3. The fourth-order valence-corrected chi connectivity index (χ4v) is 4.11. The van der Waals surface area contributed by atoms with Gasteiger partial charge in [0.1, 0.15) is 11.5 Å². The van der Waals surface area contributed by atoms with Crippen molar-refractivity contribution in [3.05, 3.63) is 95.7 Å². The molecule has 2 heterocycles. The molecule has 5 rings (SSSR count). The molecule has 1 N–H and O–H groups in total. The van der Waals surface area contributed by atoms with Crippen LogP contribution in [-0.2, 0) is 4.79 Å². The van der Waals surface area contributed by atoms with E-state index in [0.717, 1.165) is 45.3 Å². The Kier molecular flexibility index (Phi) is 4.36. The number of nitrogens with one attached hydrogen (secondary N) is 1. The van der Waals surface area contributed by atoms with E-state index < -0.39 is 0 Å². The van der Waals surface area contributed by atoms with Gasteiger partial charge in [0.25, 0.3) is 0 Å². The molecule has 5 heteroatoms. The minimum Gasteiger partial charge on any atom is -0.457 e. The molecule has 1 atom stereocenters. The number of Topliss-reactive ketones (excluding diaryl/α,β-unsaturated/α-hetero) is 1. The molecule has 30 heavy (non-hydrogen) atoms. The predicted octanol–water partition coefficient (Wildman–Crippen LogP) is 5.71. The van der Waals surface area contributed by atoms with Crippen molar-refractivity contribution in [3.8, 4) is 11.5 Å². The highest BCUT2D eigenvalue weighted by Crippen LogP contribution is 2.40. The van der Waals surface area contributed by atoms with Gasteiger partial charge in [0.15, 0.2) is 5.78 Å². The summed E-state index contributed by atoms with van der Waals surface area (Å²) < 4.78 is 8.15. The van der Waals surface area contributed by atoms with Crippen molar-refractivity contribution in [2.45, 2.75) is 19.9 Å². The van der Waals surface area contributed by atoms with Crippen molar-refractivity contribution in [1.82, 2.24) is 9.55 Å². The average Bonchev–Trinajstić information content (AvgIpc) is 3.11. The molecular weight excluding hydrogens is 374 g/mol. The van der Waals surface area contributed by atoms with Crippen molar-refractivity contribution >= 4 is 22.8 Å². The molecule has 0 bridgehead atoms. The van der Waals surface area contributed by atoms with Crippen LogP contribution in [0.2, 0.25) is 0 Å². The molecule has 0 spiro atoms. The van der Waals surface area contributed by atoms with Gasteiger partial charge in [-0.3, -0.25) is 9.36 Å². The van der Waals surface area contributed by atoms with Gasteiger partial charge in [0.05, 0.1) is 17.1 Å². The van der Waals surface area contributed by atoms with E-state index in [0.29, 0.717) is 0 Å². The van der Waals surface area contributed by atoms with Crippen molar-refractivity contribution < 1.29 is 9.53 Å². The van der Waals surface area contributed by atoms with Gasteiger partial charge in [-0.1, -0.05) is 42.5 Å². The first-order valence-electron chi connectivity index (χ1n) is 9.90. The number of ether oxygens (including phenoxy) is 1. The number of anilines is 1. The fraction of sp³-hybridized carbons (Fsp3) is 0.120. The molecule has 3 aromatic carbocycles. The number of imidazole rings is 1. The number of fused-ring (bicyclic) bond motifs is 3. The number of carbonyl (C=O) groups excluding carboxylic acids is 1. The molecule has 0 fully saturated rings. The molecule has 148 valence electrons. The van der Waals surface area contributed by atoms with Crippen LogP contribution >= 0.6 is 0 Å². The maximum absolute atomic E-state index is 12.7. The Hall–Kier alpha value is -3.86. The number of aromatic nitrogens is 2. The second-order valence-corrected chi connectivity index (χ2v) is 7.40. The normalized spacial score (nSPS) is 15.6. The van der Waals surface area contributed by atoms with Crippen LogP contribution in [-0.4, -0.2) is 15.3 Å². The van der Waals surface area contributed by atoms with Crippen molar-refractivity contribution in [2.75, 3.05) is 5.32 Å². The molecule has 5 nitrogen and oxygen atoms in total. The number of allylic oxidation sites excluding steroid dienone is 2. The molecule has 0 aliphatic carbocycles. The van der Waals surface area contributed by atoms with Crippen molar-refractivity contribution in [3.63, 3.8) is 0 Å². The highest BCUT2D eigenvalue weighted by molar-refractivity contribution is 5.97. The standard InChI is InChI=1S/C25H21N3O2/c1-16-23(17(2)29)24(28-22-14-7-6-13-21(22)27-25(28)26-16)18-9-8-12-20(15-18)30-19-10-4-3-5-11-19/h3-15,24H,1-2H3,(H,26,27). The number of hydrogen-bond donors (Lipinski definition) is 1. The molecule has 0 saturated carbocycles. The Labute approximate surface area is 174 Å². The SMILES string of the molecule is CC(=O)C1=C(C)Nc2nc3ccccc3n2C1c1cccc(Oc2ccccc2)c1. The number of ketones is 1. The minimum atomic E-state index is -0.287. The second kappa shape index (κ2) is 7.19. The second-order valence-electron chi connectivity index (χ2n) is 7.40. The third-order valence-electron chi connectivity index (χ3n) is 5.36. The van der Waals surface area contributed by atoms with Gasteiger partial charge in [-0.15, -0.1) is 0 Å². The third kappa shape index (κ3) is 3.05. The van der Waals surface area contributed by atoms with Gasteiger partial charge < -0.3 is 10.1 Å². The molecule has 0 radical (unpaired) electrons. The van der Waals surface area contributed by atoms with Crippen molar-refractivity contribution in [2.24, 2.45) is 0 Å². The van der Waals surface area contributed by atoms with E-state index in [1.807, 2.05) is 85.8 Å². The Balaban J connectivity index is 1.67. The van der Waals surface area contributed by atoms with Gasteiger partial charge >= 0.3 is 0 Å². The van der Waals surface area contributed by atoms with Gasteiger partial charge in [-0.2, -0.15) is 0 Å². The summed E-state index contributed by atoms with van der Waals surface area (Å²) in [6.45, 7) is 3.54.